The molecule has 1 aromatic carbocycles. The number of rotatable bonds is 5. The van der Waals surface area contributed by atoms with Gasteiger partial charge >= 0.3 is 5.97 Å². The van der Waals surface area contributed by atoms with E-state index in [0.29, 0.717) is 5.69 Å². The Hall–Kier alpha value is -2.04. The number of sulfonamides is 1. The summed E-state index contributed by atoms with van der Waals surface area (Å²) >= 11 is 0. The fourth-order valence-corrected chi connectivity index (χ4v) is 2.38. The predicted molar refractivity (Wildman–Crippen MR) is 76.2 cm³/mol. The first-order valence-corrected chi connectivity index (χ1v) is 7.18. The van der Waals surface area contributed by atoms with Gasteiger partial charge in [0.2, 0.25) is 10.0 Å². The third-order valence-corrected chi connectivity index (χ3v) is 4.36. The van der Waals surface area contributed by atoms with Crippen LogP contribution in [0.3, 0.4) is 0 Å². The number of benzene rings is 1. The molecule has 0 aliphatic carbocycles. The predicted octanol–water partition coefficient (Wildman–Crippen LogP) is 1.07. The first-order chi connectivity index (χ1) is 9.30. The molecule has 1 rings (SSSR count). The van der Waals surface area contributed by atoms with E-state index in [9.17, 15) is 13.2 Å². The number of anilines is 1. The number of hydrogen-bond donors (Lipinski definition) is 2. The van der Waals surface area contributed by atoms with Crippen LogP contribution < -0.4 is 5.32 Å². The molecule has 0 amide bonds. The summed E-state index contributed by atoms with van der Waals surface area (Å²) in [4.78, 5) is 11.2. The van der Waals surface area contributed by atoms with Crippen LogP contribution in [0.1, 0.15) is 17.3 Å². The summed E-state index contributed by atoms with van der Waals surface area (Å²) in [6, 6.07) is 3.93. The minimum absolute atomic E-state index is 0.0629. The number of nitrogens with zero attached hydrogens (tertiary/aromatic N) is 1. The van der Waals surface area contributed by atoms with Crippen LogP contribution in [-0.2, 0) is 10.0 Å². The number of aromatic carboxylic acids is 1. The third kappa shape index (κ3) is 3.50. The highest BCUT2D eigenvalue weighted by Crippen LogP contribution is 2.22. The molecule has 0 atom stereocenters. The molecule has 0 unspecified atom stereocenters. The van der Waals surface area contributed by atoms with E-state index in [1.54, 1.807) is 6.92 Å². The van der Waals surface area contributed by atoms with Crippen molar-refractivity contribution in [1.29, 1.82) is 0 Å². The normalized spacial score (nSPS) is 10.8. The van der Waals surface area contributed by atoms with E-state index in [1.165, 1.54) is 26.2 Å². The summed E-state index contributed by atoms with van der Waals surface area (Å²) in [5.74, 6) is 4.22. The number of carboxylic acids is 1. The van der Waals surface area contributed by atoms with Gasteiger partial charge in [-0.2, -0.15) is 0 Å². The van der Waals surface area contributed by atoms with Gasteiger partial charge in [0.25, 0.3) is 0 Å². The SMILES string of the molecule is CC#CCNc1ccc(S(=O)(=O)N(C)C)cc1C(=O)O. The van der Waals surface area contributed by atoms with Crippen molar-refractivity contribution in [3.05, 3.63) is 23.8 Å². The van der Waals surface area contributed by atoms with E-state index in [1.807, 2.05) is 0 Å². The van der Waals surface area contributed by atoms with Crippen molar-refractivity contribution in [2.45, 2.75) is 11.8 Å². The quantitative estimate of drug-likeness (QED) is 0.794. The average molecular weight is 296 g/mol. The lowest BCUT2D eigenvalue weighted by atomic mass is 10.2. The van der Waals surface area contributed by atoms with E-state index in [4.69, 9.17) is 5.11 Å². The second-order valence-corrected chi connectivity index (χ2v) is 6.23. The molecule has 108 valence electrons. The van der Waals surface area contributed by atoms with Gasteiger partial charge < -0.3 is 10.4 Å². The standard InChI is InChI=1S/C13H16N2O4S/c1-4-5-8-14-12-7-6-10(9-11(12)13(16)17)20(18,19)15(2)3/h6-7,9,14H,8H2,1-3H3,(H,16,17). The van der Waals surface area contributed by atoms with Crippen LogP contribution in [-0.4, -0.2) is 44.4 Å². The van der Waals surface area contributed by atoms with Gasteiger partial charge in [-0.05, 0) is 25.1 Å². The molecule has 2 N–H and O–H groups in total. The maximum atomic E-state index is 12.0. The minimum Gasteiger partial charge on any atom is -0.478 e. The first-order valence-electron chi connectivity index (χ1n) is 5.74. The number of hydrogen-bond acceptors (Lipinski definition) is 4. The van der Waals surface area contributed by atoms with Crippen LogP contribution in [0.4, 0.5) is 5.69 Å². The molecule has 6 nitrogen and oxygen atoms in total. The van der Waals surface area contributed by atoms with Crippen LogP contribution in [0.25, 0.3) is 0 Å². The molecule has 0 bridgehead atoms. The minimum atomic E-state index is -3.66. The van der Waals surface area contributed by atoms with Gasteiger partial charge in [0, 0.05) is 19.8 Å². The van der Waals surface area contributed by atoms with Crippen LogP contribution in [0.15, 0.2) is 23.1 Å². The fraction of sp³-hybridized carbons (Fsp3) is 0.308. The van der Waals surface area contributed by atoms with Gasteiger partial charge in [-0.1, -0.05) is 5.92 Å². The van der Waals surface area contributed by atoms with Crippen molar-refractivity contribution < 1.29 is 18.3 Å². The maximum Gasteiger partial charge on any atom is 0.337 e. The van der Waals surface area contributed by atoms with E-state index in [0.717, 1.165) is 10.4 Å². The van der Waals surface area contributed by atoms with Gasteiger partial charge in [0.1, 0.15) is 0 Å². The molecule has 1 aromatic rings. The van der Waals surface area contributed by atoms with Gasteiger partial charge in [-0.25, -0.2) is 17.5 Å². The Bertz CT molecular complexity index is 669. The van der Waals surface area contributed by atoms with Crippen LogP contribution >= 0.6 is 0 Å². The molecular formula is C13H16N2O4S. The Morgan fingerprint density at radius 1 is 1.40 bits per heavy atom. The lowest BCUT2D eigenvalue weighted by molar-refractivity contribution is 0.0697. The summed E-state index contributed by atoms with van der Waals surface area (Å²) in [6.07, 6.45) is 0. The smallest absolute Gasteiger partial charge is 0.337 e. The van der Waals surface area contributed by atoms with E-state index in [2.05, 4.69) is 17.2 Å². The second-order valence-electron chi connectivity index (χ2n) is 4.08. The van der Waals surface area contributed by atoms with Gasteiger partial charge in [-0.3, -0.25) is 0 Å². The van der Waals surface area contributed by atoms with Crippen molar-refractivity contribution in [1.82, 2.24) is 4.31 Å². The van der Waals surface area contributed by atoms with Crippen LogP contribution in [0.5, 0.6) is 0 Å². The molecule has 0 heterocycles. The zero-order valence-electron chi connectivity index (χ0n) is 11.5. The summed E-state index contributed by atoms with van der Waals surface area (Å²) in [6.45, 7) is 1.96. The Morgan fingerprint density at radius 2 is 2.05 bits per heavy atom. The topological polar surface area (TPSA) is 86.7 Å². The molecule has 0 fully saturated rings. The van der Waals surface area contributed by atoms with Gasteiger partial charge in [-0.15, -0.1) is 5.92 Å². The highest BCUT2D eigenvalue weighted by molar-refractivity contribution is 7.89. The molecule has 7 heteroatoms. The Kier molecular flexibility index (Phi) is 5.13. The second kappa shape index (κ2) is 6.41. The van der Waals surface area contributed by atoms with Crippen molar-refractivity contribution in [3.63, 3.8) is 0 Å². The zero-order chi connectivity index (χ0) is 15.3. The van der Waals surface area contributed by atoms with E-state index in [-0.39, 0.29) is 17.0 Å². The van der Waals surface area contributed by atoms with E-state index < -0.39 is 16.0 Å². The molecule has 0 aliphatic rings. The van der Waals surface area contributed by atoms with Crippen molar-refractivity contribution in [2.75, 3.05) is 26.0 Å². The maximum absolute atomic E-state index is 12.0. The summed E-state index contributed by atoms with van der Waals surface area (Å²) < 4.78 is 25.0. The molecule has 0 radical (unpaired) electrons. The van der Waals surface area contributed by atoms with Gasteiger partial charge in [0.15, 0.2) is 0 Å². The van der Waals surface area contributed by atoms with Crippen molar-refractivity contribution >= 4 is 21.7 Å². The molecule has 20 heavy (non-hydrogen) atoms. The Balaban J connectivity index is 3.26. The lowest BCUT2D eigenvalue weighted by Crippen LogP contribution is -2.22. The molecule has 0 aromatic heterocycles. The number of nitrogens with one attached hydrogen (secondary N) is 1. The summed E-state index contributed by atoms with van der Waals surface area (Å²) in [7, 11) is -0.885. The Morgan fingerprint density at radius 3 is 2.55 bits per heavy atom. The third-order valence-electron chi connectivity index (χ3n) is 2.54. The molecule has 0 saturated carbocycles. The number of carboxylic acid groups (broad SMARTS) is 1. The molecular weight excluding hydrogens is 280 g/mol. The lowest BCUT2D eigenvalue weighted by Gasteiger charge is -2.13. The van der Waals surface area contributed by atoms with Crippen molar-refractivity contribution in [3.8, 4) is 11.8 Å². The van der Waals surface area contributed by atoms with Crippen LogP contribution in [0, 0.1) is 11.8 Å². The zero-order valence-corrected chi connectivity index (χ0v) is 12.3. The summed E-state index contributed by atoms with van der Waals surface area (Å²) in [5.41, 5.74) is 0.226. The molecule has 0 spiro atoms. The Labute approximate surface area is 118 Å². The summed E-state index contributed by atoms with van der Waals surface area (Å²) in [5, 5.41) is 12.0. The molecule has 0 aliphatic heterocycles. The first kappa shape index (κ1) is 16.0. The fourth-order valence-electron chi connectivity index (χ4n) is 1.45. The van der Waals surface area contributed by atoms with Crippen molar-refractivity contribution in [2.24, 2.45) is 0 Å². The largest absolute Gasteiger partial charge is 0.478 e. The number of carbonyl (C=O) groups is 1. The van der Waals surface area contributed by atoms with Crippen LogP contribution in [0.2, 0.25) is 0 Å². The average Bonchev–Trinajstić information content (AvgIpc) is 2.38. The van der Waals surface area contributed by atoms with Gasteiger partial charge in [0.05, 0.1) is 17.0 Å². The van der Waals surface area contributed by atoms with E-state index >= 15 is 0 Å². The molecule has 0 saturated heterocycles. The highest BCUT2D eigenvalue weighted by atomic mass is 32.2. The monoisotopic (exact) mass is 296 g/mol. The highest BCUT2D eigenvalue weighted by Gasteiger charge is 2.20.